The predicted molar refractivity (Wildman–Crippen MR) is 104 cm³/mol. The van der Waals surface area contributed by atoms with Gasteiger partial charge in [-0.1, -0.05) is 0 Å². The topological polar surface area (TPSA) is 95.1 Å². The number of anilines is 3. The van der Waals surface area contributed by atoms with Crippen molar-refractivity contribution in [2.45, 2.75) is 38.8 Å². The second-order valence-corrected chi connectivity index (χ2v) is 7.16. The van der Waals surface area contributed by atoms with Gasteiger partial charge in [-0.3, -0.25) is 4.79 Å². The van der Waals surface area contributed by atoms with E-state index in [-0.39, 0.29) is 5.91 Å². The molecule has 8 heteroatoms. The predicted octanol–water partition coefficient (Wildman–Crippen LogP) is 1.61. The van der Waals surface area contributed by atoms with E-state index in [1.165, 1.54) is 12.8 Å². The molecule has 0 radical (unpaired) electrons. The van der Waals surface area contributed by atoms with Crippen LogP contribution < -0.4 is 20.9 Å². The van der Waals surface area contributed by atoms with Crippen molar-refractivity contribution in [2.24, 2.45) is 0 Å². The van der Waals surface area contributed by atoms with E-state index in [0.717, 1.165) is 30.2 Å². The van der Waals surface area contributed by atoms with Gasteiger partial charge in [-0.15, -0.1) is 0 Å². The molecule has 4 heterocycles. The third-order valence-corrected chi connectivity index (χ3v) is 5.07. The molecule has 2 bridgehead atoms. The van der Waals surface area contributed by atoms with E-state index < -0.39 is 0 Å². The monoisotopic (exact) mass is 367 g/mol. The molecule has 2 aliphatic rings. The summed E-state index contributed by atoms with van der Waals surface area (Å²) in [6.07, 6.45) is 5.89. The number of piperazine rings is 1. The fourth-order valence-corrected chi connectivity index (χ4v) is 3.82. The van der Waals surface area contributed by atoms with Gasteiger partial charge in [-0.2, -0.15) is 4.98 Å². The summed E-state index contributed by atoms with van der Waals surface area (Å²) in [5.41, 5.74) is 2.01. The lowest BCUT2D eigenvalue weighted by molar-refractivity contribution is 0.0950. The summed E-state index contributed by atoms with van der Waals surface area (Å²) in [5.74, 6) is 1.31. The van der Waals surface area contributed by atoms with Gasteiger partial charge in [0.1, 0.15) is 11.5 Å². The van der Waals surface area contributed by atoms with E-state index in [0.29, 0.717) is 30.3 Å². The average Bonchev–Trinajstić information content (AvgIpc) is 3.00. The van der Waals surface area contributed by atoms with Crippen LogP contribution in [0, 0.1) is 6.92 Å². The van der Waals surface area contributed by atoms with Gasteiger partial charge in [0, 0.05) is 37.9 Å². The molecule has 0 saturated carbocycles. The Labute approximate surface area is 158 Å². The van der Waals surface area contributed by atoms with Gasteiger partial charge in [0.2, 0.25) is 5.95 Å². The van der Waals surface area contributed by atoms with Crippen LogP contribution in [-0.4, -0.2) is 52.6 Å². The minimum absolute atomic E-state index is 0.159. The first-order valence-corrected chi connectivity index (χ1v) is 9.48. The third-order valence-electron chi connectivity index (χ3n) is 5.07. The van der Waals surface area contributed by atoms with Crippen LogP contribution in [0.1, 0.15) is 35.8 Å². The Morgan fingerprint density at radius 2 is 2.07 bits per heavy atom. The van der Waals surface area contributed by atoms with Crippen LogP contribution in [-0.2, 0) is 0 Å². The number of pyridine rings is 1. The second-order valence-electron chi connectivity index (χ2n) is 7.16. The fraction of sp³-hybridized carbons (Fsp3) is 0.474. The van der Waals surface area contributed by atoms with E-state index >= 15 is 0 Å². The second kappa shape index (κ2) is 7.48. The van der Waals surface area contributed by atoms with E-state index in [1.54, 1.807) is 12.4 Å². The van der Waals surface area contributed by atoms with Crippen LogP contribution in [0.2, 0.25) is 0 Å². The SMILES string of the molecule is CCNC(=O)c1ncc(Nc2nccc(N3C[C@H]4CC[C@@H](C3)N4)n2)cc1C. The number of nitrogens with one attached hydrogen (secondary N) is 3. The Morgan fingerprint density at radius 1 is 1.30 bits per heavy atom. The zero-order valence-electron chi connectivity index (χ0n) is 15.7. The standard InChI is InChI=1S/C19H25N7O/c1-3-20-18(27)17-12(2)8-15(9-22-17)24-19-21-7-6-16(25-19)26-10-13-4-5-14(11-26)23-13/h6-9,13-14,23H,3-5,10-11H2,1-2H3,(H,20,27)(H,21,24,25)/t13-,14+. The lowest BCUT2D eigenvalue weighted by Crippen LogP contribution is -2.51. The first-order valence-electron chi connectivity index (χ1n) is 9.48. The number of aryl methyl sites for hydroxylation is 1. The van der Waals surface area contributed by atoms with Crippen LogP contribution >= 0.6 is 0 Å². The van der Waals surface area contributed by atoms with E-state index in [2.05, 4.69) is 35.8 Å². The van der Waals surface area contributed by atoms with Crippen LogP contribution in [0.3, 0.4) is 0 Å². The first-order chi connectivity index (χ1) is 13.1. The van der Waals surface area contributed by atoms with Crippen LogP contribution in [0.5, 0.6) is 0 Å². The molecule has 2 aromatic heterocycles. The lowest BCUT2D eigenvalue weighted by atomic mass is 10.2. The number of carbonyl (C=O) groups excluding carboxylic acids is 1. The van der Waals surface area contributed by atoms with Crippen molar-refractivity contribution in [2.75, 3.05) is 29.9 Å². The van der Waals surface area contributed by atoms with Gasteiger partial charge in [-0.25, -0.2) is 9.97 Å². The molecule has 4 rings (SSSR count). The van der Waals surface area contributed by atoms with Crippen LogP contribution in [0.15, 0.2) is 24.5 Å². The van der Waals surface area contributed by atoms with Crippen LogP contribution in [0.25, 0.3) is 0 Å². The highest BCUT2D eigenvalue weighted by atomic mass is 16.1. The minimum atomic E-state index is -0.159. The average molecular weight is 367 g/mol. The highest BCUT2D eigenvalue weighted by Crippen LogP contribution is 2.25. The van der Waals surface area contributed by atoms with Crippen molar-refractivity contribution in [1.29, 1.82) is 0 Å². The summed E-state index contributed by atoms with van der Waals surface area (Å²) in [6, 6.07) is 4.96. The van der Waals surface area contributed by atoms with E-state index in [9.17, 15) is 4.79 Å². The molecule has 1 amide bonds. The summed E-state index contributed by atoms with van der Waals surface area (Å²) in [4.78, 5) is 27.6. The van der Waals surface area contributed by atoms with E-state index in [4.69, 9.17) is 0 Å². The quantitative estimate of drug-likeness (QED) is 0.739. The fourth-order valence-electron chi connectivity index (χ4n) is 3.82. The molecule has 8 nitrogen and oxygen atoms in total. The van der Waals surface area contributed by atoms with E-state index in [1.807, 2.05) is 26.0 Å². The Morgan fingerprint density at radius 3 is 2.78 bits per heavy atom. The van der Waals surface area contributed by atoms with Crippen molar-refractivity contribution in [1.82, 2.24) is 25.6 Å². The number of hydrogen-bond acceptors (Lipinski definition) is 7. The molecule has 0 aliphatic carbocycles. The zero-order valence-corrected chi connectivity index (χ0v) is 15.7. The molecule has 0 aromatic carbocycles. The van der Waals surface area contributed by atoms with Crippen molar-refractivity contribution in [3.05, 3.63) is 35.8 Å². The minimum Gasteiger partial charge on any atom is -0.353 e. The molecule has 27 heavy (non-hydrogen) atoms. The molecule has 2 aliphatic heterocycles. The molecule has 142 valence electrons. The highest BCUT2D eigenvalue weighted by molar-refractivity contribution is 5.93. The number of aromatic nitrogens is 3. The summed E-state index contributed by atoms with van der Waals surface area (Å²) in [7, 11) is 0. The Kier molecular flexibility index (Phi) is 4.89. The Bertz CT molecular complexity index is 829. The maximum absolute atomic E-state index is 12.0. The number of hydrogen-bond donors (Lipinski definition) is 3. The number of fused-ring (bicyclic) bond motifs is 2. The molecular formula is C19H25N7O. The molecule has 2 aromatic rings. The zero-order chi connectivity index (χ0) is 18.8. The Hall–Kier alpha value is -2.74. The number of rotatable bonds is 5. The van der Waals surface area contributed by atoms with Gasteiger partial charge in [-0.05, 0) is 44.4 Å². The van der Waals surface area contributed by atoms with Gasteiger partial charge < -0.3 is 20.9 Å². The van der Waals surface area contributed by atoms with Gasteiger partial charge >= 0.3 is 0 Å². The number of carbonyl (C=O) groups is 1. The first kappa shape index (κ1) is 17.7. The largest absolute Gasteiger partial charge is 0.353 e. The van der Waals surface area contributed by atoms with Crippen molar-refractivity contribution in [3.8, 4) is 0 Å². The van der Waals surface area contributed by atoms with Crippen molar-refractivity contribution in [3.63, 3.8) is 0 Å². The maximum Gasteiger partial charge on any atom is 0.270 e. The summed E-state index contributed by atoms with van der Waals surface area (Å²) >= 11 is 0. The smallest absolute Gasteiger partial charge is 0.270 e. The highest BCUT2D eigenvalue weighted by Gasteiger charge is 2.32. The lowest BCUT2D eigenvalue weighted by Gasteiger charge is -2.33. The molecule has 2 fully saturated rings. The summed E-state index contributed by atoms with van der Waals surface area (Å²) in [5, 5.41) is 9.60. The maximum atomic E-state index is 12.0. The van der Waals surface area contributed by atoms with Crippen molar-refractivity contribution < 1.29 is 4.79 Å². The molecule has 2 saturated heterocycles. The molecule has 3 N–H and O–H groups in total. The third kappa shape index (κ3) is 3.85. The number of amides is 1. The Balaban J connectivity index is 1.48. The molecule has 0 unspecified atom stereocenters. The van der Waals surface area contributed by atoms with Gasteiger partial charge in [0.15, 0.2) is 0 Å². The summed E-state index contributed by atoms with van der Waals surface area (Å²) < 4.78 is 0. The normalized spacial score (nSPS) is 21.2. The number of nitrogens with zero attached hydrogens (tertiary/aromatic N) is 4. The van der Waals surface area contributed by atoms with Gasteiger partial charge in [0.25, 0.3) is 5.91 Å². The summed E-state index contributed by atoms with van der Waals surface area (Å²) in [6.45, 7) is 6.30. The van der Waals surface area contributed by atoms with Crippen LogP contribution in [0.4, 0.5) is 17.5 Å². The molecule has 0 spiro atoms. The van der Waals surface area contributed by atoms with Gasteiger partial charge in [0.05, 0.1) is 11.9 Å². The van der Waals surface area contributed by atoms with Crippen molar-refractivity contribution >= 4 is 23.4 Å². The molecule has 2 atom stereocenters. The molecular weight excluding hydrogens is 342 g/mol.